The Bertz CT molecular complexity index is 660. The molecule has 0 atom stereocenters. The largest absolute Gasteiger partial charge is 0.385 e. The lowest BCUT2D eigenvalue weighted by Gasteiger charge is -2.10. The van der Waals surface area contributed by atoms with E-state index in [0.717, 1.165) is 0 Å². The van der Waals surface area contributed by atoms with Crippen molar-refractivity contribution in [1.82, 2.24) is 9.97 Å². The van der Waals surface area contributed by atoms with Gasteiger partial charge in [-0.3, -0.25) is 20.2 Å². The summed E-state index contributed by atoms with van der Waals surface area (Å²) < 4.78 is 0. The van der Waals surface area contributed by atoms with Crippen molar-refractivity contribution in [3.8, 4) is 0 Å². The molecular weight excluding hydrogens is 274 g/mol. The monoisotopic (exact) mass is 287 g/mol. The van der Waals surface area contributed by atoms with E-state index in [2.05, 4.69) is 20.6 Å². The number of anilines is 2. The molecule has 0 bridgehead atoms. The van der Waals surface area contributed by atoms with Crippen molar-refractivity contribution in [2.75, 3.05) is 17.2 Å². The fraction of sp³-hybridized carbons (Fsp3) is 0.154. The number of nitro benzene ring substituents is 1. The SMILES string of the molecule is CCNc1ccc([N+](=O)[O-])cc1C(=O)Nc1ncccn1. The molecule has 0 spiro atoms. The molecule has 0 aliphatic carbocycles. The van der Waals surface area contributed by atoms with Crippen molar-refractivity contribution in [3.05, 3.63) is 52.3 Å². The van der Waals surface area contributed by atoms with Crippen LogP contribution in [0, 0.1) is 10.1 Å². The van der Waals surface area contributed by atoms with Gasteiger partial charge in [0.05, 0.1) is 10.5 Å². The molecule has 2 rings (SSSR count). The number of benzene rings is 1. The maximum Gasteiger partial charge on any atom is 0.270 e. The predicted octanol–water partition coefficient (Wildman–Crippen LogP) is 2.07. The summed E-state index contributed by atoms with van der Waals surface area (Å²) in [7, 11) is 0. The Morgan fingerprint density at radius 3 is 2.67 bits per heavy atom. The minimum Gasteiger partial charge on any atom is -0.385 e. The van der Waals surface area contributed by atoms with Gasteiger partial charge in [-0.25, -0.2) is 9.97 Å². The fourth-order valence-electron chi connectivity index (χ4n) is 1.71. The third-order valence-electron chi connectivity index (χ3n) is 2.62. The van der Waals surface area contributed by atoms with Crippen LogP contribution in [0.1, 0.15) is 17.3 Å². The number of amides is 1. The Hall–Kier alpha value is -3.03. The van der Waals surface area contributed by atoms with Crippen LogP contribution in [-0.4, -0.2) is 27.3 Å². The zero-order valence-electron chi connectivity index (χ0n) is 11.2. The summed E-state index contributed by atoms with van der Waals surface area (Å²) in [5, 5.41) is 16.3. The molecule has 8 nitrogen and oxygen atoms in total. The average molecular weight is 287 g/mol. The van der Waals surface area contributed by atoms with Gasteiger partial charge in [-0.1, -0.05) is 0 Å². The van der Waals surface area contributed by atoms with Crippen LogP contribution in [-0.2, 0) is 0 Å². The molecule has 0 radical (unpaired) electrons. The highest BCUT2D eigenvalue weighted by atomic mass is 16.6. The third-order valence-corrected chi connectivity index (χ3v) is 2.62. The highest BCUT2D eigenvalue weighted by Crippen LogP contribution is 2.22. The number of nitrogens with one attached hydrogen (secondary N) is 2. The van der Waals surface area contributed by atoms with Crippen LogP contribution in [0.2, 0.25) is 0 Å². The number of carbonyl (C=O) groups is 1. The summed E-state index contributed by atoms with van der Waals surface area (Å²) in [5.41, 5.74) is 0.519. The second kappa shape index (κ2) is 6.42. The van der Waals surface area contributed by atoms with E-state index in [4.69, 9.17) is 0 Å². The number of non-ortho nitro benzene ring substituents is 1. The summed E-state index contributed by atoms with van der Waals surface area (Å²) in [6, 6.07) is 5.68. The fourth-order valence-corrected chi connectivity index (χ4v) is 1.71. The zero-order chi connectivity index (χ0) is 15.2. The van der Waals surface area contributed by atoms with E-state index in [9.17, 15) is 14.9 Å². The highest BCUT2D eigenvalue weighted by molar-refractivity contribution is 6.07. The molecule has 0 saturated carbocycles. The van der Waals surface area contributed by atoms with Crippen molar-refractivity contribution in [2.24, 2.45) is 0 Å². The second-order valence-corrected chi connectivity index (χ2v) is 4.04. The molecule has 2 aromatic rings. The number of hydrogen-bond acceptors (Lipinski definition) is 6. The second-order valence-electron chi connectivity index (χ2n) is 4.04. The molecule has 21 heavy (non-hydrogen) atoms. The molecule has 0 unspecified atom stereocenters. The van der Waals surface area contributed by atoms with Gasteiger partial charge in [0.25, 0.3) is 11.6 Å². The molecule has 1 amide bonds. The van der Waals surface area contributed by atoms with Gasteiger partial charge in [0.15, 0.2) is 0 Å². The van der Waals surface area contributed by atoms with Gasteiger partial charge in [-0.2, -0.15) is 0 Å². The van der Waals surface area contributed by atoms with Crippen LogP contribution in [0.3, 0.4) is 0 Å². The molecule has 0 aliphatic rings. The molecule has 1 heterocycles. The normalized spacial score (nSPS) is 9.95. The van der Waals surface area contributed by atoms with E-state index >= 15 is 0 Å². The van der Waals surface area contributed by atoms with Crippen molar-refractivity contribution >= 4 is 23.2 Å². The number of rotatable bonds is 5. The first-order valence-electron chi connectivity index (χ1n) is 6.22. The molecular formula is C13H13N5O3. The quantitative estimate of drug-likeness (QED) is 0.643. The standard InChI is InChI=1S/C13H13N5O3/c1-2-14-11-5-4-9(18(20)21)8-10(11)12(19)17-13-15-6-3-7-16-13/h3-8,14H,2H2,1H3,(H,15,16,17,19). The van der Waals surface area contributed by atoms with E-state index in [0.29, 0.717) is 12.2 Å². The van der Waals surface area contributed by atoms with Crippen molar-refractivity contribution in [1.29, 1.82) is 0 Å². The molecule has 1 aromatic heterocycles. The summed E-state index contributed by atoms with van der Waals surface area (Å²) in [6.07, 6.45) is 2.97. The lowest BCUT2D eigenvalue weighted by Crippen LogP contribution is -2.16. The van der Waals surface area contributed by atoms with Crippen molar-refractivity contribution in [3.63, 3.8) is 0 Å². The van der Waals surface area contributed by atoms with E-state index in [-0.39, 0.29) is 17.2 Å². The van der Waals surface area contributed by atoms with Gasteiger partial charge < -0.3 is 5.32 Å². The number of aromatic nitrogens is 2. The van der Waals surface area contributed by atoms with Crippen LogP contribution >= 0.6 is 0 Å². The highest BCUT2D eigenvalue weighted by Gasteiger charge is 2.17. The minimum absolute atomic E-state index is 0.136. The van der Waals surface area contributed by atoms with E-state index in [1.54, 1.807) is 6.07 Å². The predicted molar refractivity (Wildman–Crippen MR) is 77.2 cm³/mol. The topological polar surface area (TPSA) is 110 Å². The van der Waals surface area contributed by atoms with Gasteiger partial charge >= 0.3 is 0 Å². The van der Waals surface area contributed by atoms with Crippen LogP contribution in [0.15, 0.2) is 36.7 Å². The van der Waals surface area contributed by atoms with Gasteiger partial charge in [-0.15, -0.1) is 0 Å². The summed E-state index contributed by atoms with van der Waals surface area (Å²) in [5.74, 6) is -0.377. The Kier molecular flexibility index (Phi) is 4.39. The van der Waals surface area contributed by atoms with E-state index in [1.807, 2.05) is 6.92 Å². The Morgan fingerprint density at radius 2 is 2.05 bits per heavy atom. The Labute approximate surface area is 120 Å². The zero-order valence-corrected chi connectivity index (χ0v) is 11.2. The first-order chi connectivity index (χ1) is 10.1. The summed E-state index contributed by atoms with van der Waals surface area (Å²) >= 11 is 0. The van der Waals surface area contributed by atoms with Crippen LogP contribution < -0.4 is 10.6 Å². The molecule has 0 fully saturated rings. The average Bonchev–Trinajstić information content (AvgIpc) is 2.48. The summed E-state index contributed by atoms with van der Waals surface area (Å²) in [6.45, 7) is 2.45. The lowest BCUT2D eigenvalue weighted by molar-refractivity contribution is -0.384. The van der Waals surface area contributed by atoms with Gasteiger partial charge in [0.1, 0.15) is 0 Å². The molecule has 0 aliphatic heterocycles. The summed E-state index contributed by atoms with van der Waals surface area (Å²) in [4.78, 5) is 30.3. The Morgan fingerprint density at radius 1 is 1.33 bits per heavy atom. The van der Waals surface area contributed by atoms with Crippen molar-refractivity contribution < 1.29 is 9.72 Å². The molecule has 8 heteroatoms. The lowest BCUT2D eigenvalue weighted by atomic mass is 10.1. The van der Waals surface area contributed by atoms with Gasteiger partial charge in [0.2, 0.25) is 5.95 Å². The third kappa shape index (κ3) is 3.50. The van der Waals surface area contributed by atoms with Crippen LogP contribution in [0.25, 0.3) is 0 Å². The first kappa shape index (κ1) is 14.4. The van der Waals surface area contributed by atoms with Crippen LogP contribution in [0.5, 0.6) is 0 Å². The van der Waals surface area contributed by atoms with E-state index in [1.165, 1.54) is 30.6 Å². The van der Waals surface area contributed by atoms with Gasteiger partial charge in [-0.05, 0) is 19.1 Å². The smallest absolute Gasteiger partial charge is 0.270 e. The molecule has 1 aromatic carbocycles. The number of carbonyl (C=O) groups excluding carboxylic acids is 1. The number of nitro groups is 1. The molecule has 2 N–H and O–H groups in total. The van der Waals surface area contributed by atoms with Crippen molar-refractivity contribution in [2.45, 2.75) is 6.92 Å². The molecule has 0 saturated heterocycles. The molecule has 108 valence electrons. The first-order valence-corrected chi connectivity index (χ1v) is 6.22. The maximum absolute atomic E-state index is 12.2. The number of nitrogens with zero attached hydrogens (tertiary/aromatic N) is 3. The minimum atomic E-state index is -0.550. The number of hydrogen-bond donors (Lipinski definition) is 2. The van der Waals surface area contributed by atoms with E-state index < -0.39 is 10.8 Å². The van der Waals surface area contributed by atoms with Crippen LogP contribution in [0.4, 0.5) is 17.3 Å². The Balaban J connectivity index is 2.33. The maximum atomic E-state index is 12.2. The van der Waals surface area contributed by atoms with Gasteiger partial charge in [0, 0.05) is 36.8 Å².